The van der Waals surface area contributed by atoms with Crippen molar-refractivity contribution in [2.24, 2.45) is 5.73 Å². The molecule has 0 saturated heterocycles. The molecule has 3 nitrogen and oxygen atoms in total. The van der Waals surface area contributed by atoms with E-state index in [2.05, 4.69) is 0 Å². The van der Waals surface area contributed by atoms with Gasteiger partial charge in [-0.25, -0.2) is 8.78 Å². The van der Waals surface area contributed by atoms with E-state index in [0.29, 0.717) is 22.2 Å². The molecular weight excluding hydrogens is 298 g/mol. The average Bonchev–Trinajstić information content (AvgIpc) is 2.50. The molecule has 2 heterocycles. The summed E-state index contributed by atoms with van der Waals surface area (Å²) in [5.74, 6) is -0.920. The summed E-state index contributed by atoms with van der Waals surface area (Å²) in [5.41, 5.74) is 7.69. The Balaban J connectivity index is 2.48. The highest BCUT2D eigenvalue weighted by atomic mass is 19.1. The SMILES string of the molecule is Cc1c(F)ccc2cc(C(C)N)c(-c3cccc(F)c3)c(=O)n12. The smallest absolute Gasteiger partial charge is 0.263 e. The van der Waals surface area contributed by atoms with Crippen LogP contribution < -0.4 is 11.3 Å². The molecule has 0 radical (unpaired) electrons. The fraction of sp³-hybridized carbons (Fsp3) is 0.167. The zero-order valence-corrected chi connectivity index (χ0v) is 12.8. The lowest BCUT2D eigenvalue weighted by Crippen LogP contribution is -2.23. The molecule has 2 aromatic heterocycles. The molecule has 1 aromatic carbocycles. The Morgan fingerprint density at radius 2 is 1.87 bits per heavy atom. The molecule has 0 amide bonds. The Hall–Kier alpha value is -2.53. The number of benzene rings is 1. The van der Waals surface area contributed by atoms with Crippen LogP contribution in [-0.2, 0) is 0 Å². The van der Waals surface area contributed by atoms with E-state index in [-0.39, 0.29) is 5.69 Å². The standard InChI is InChI=1S/C18H16F2N2O/c1-10(21)15-9-14-6-7-16(20)11(2)22(14)18(23)17(15)12-4-3-5-13(19)8-12/h3-10H,21H2,1-2H3. The van der Waals surface area contributed by atoms with E-state index in [4.69, 9.17) is 5.73 Å². The second-order valence-electron chi connectivity index (χ2n) is 5.61. The third-order valence-electron chi connectivity index (χ3n) is 3.95. The zero-order valence-electron chi connectivity index (χ0n) is 12.8. The van der Waals surface area contributed by atoms with Gasteiger partial charge in [0.1, 0.15) is 11.6 Å². The molecule has 3 aromatic rings. The van der Waals surface area contributed by atoms with Gasteiger partial charge in [0.15, 0.2) is 0 Å². The van der Waals surface area contributed by atoms with Crippen molar-refractivity contribution in [3.63, 3.8) is 0 Å². The number of pyridine rings is 2. The van der Waals surface area contributed by atoms with Crippen molar-refractivity contribution in [3.8, 4) is 11.1 Å². The fourth-order valence-corrected chi connectivity index (χ4v) is 2.80. The first-order valence-electron chi connectivity index (χ1n) is 7.26. The van der Waals surface area contributed by atoms with Crippen LogP contribution in [0, 0.1) is 18.6 Å². The van der Waals surface area contributed by atoms with Crippen LogP contribution in [0.2, 0.25) is 0 Å². The molecular formula is C18H16F2N2O. The quantitative estimate of drug-likeness (QED) is 0.786. The molecule has 118 valence electrons. The number of fused-ring (bicyclic) bond motifs is 1. The molecule has 3 rings (SSSR count). The van der Waals surface area contributed by atoms with Gasteiger partial charge in [-0.15, -0.1) is 0 Å². The first-order chi connectivity index (χ1) is 10.9. The minimum Gasteiger partial charge on any atom is -0.324 e. The molecule has 5 heteroatoms. The number of nitrogens with zero attached hydrogens (tertiary/aromatic N) is 1. The third kappa shape index (κ3) is 2.53. The summed E-state index contributed by atoms with van der Waals surface area (Å²) in [5, 5.41) is 0. The average molecular weight is 314 g/mol. The predicted molar refractivity (Wildman–Crippen MR) is 86.4 cm³/mol. The number of halogens is 2. The summed E-state index contributed by atoms with van der Waals surface area (Å²) in [7, 11) is 0. The van der Waals surface area contributed by atoms with E-state index < -0.39 is 23.2 Å². The first kappa shape index (κ1) is 15.4. The first-order valence-corrected chi connectivity index (χ1v) is 7.26. The van der Waals surface area contributed by atoms with E-state index >= 15 is 0 Å². The normalized spacial score (nSPS) is 12.6. The van der Waals surface area contributed by atoms with Gasteiger partial charge in [-0.1, -0.05) is 12.1 Å². The van der Waals surface area contributed by atoms with Crippen molar-refractivity contribution in [2.45, 2.75) is 19.9 Å². The van der Waals surface area contributed by atoms with Crippen LogP contribution in [0.25, 0.3) is 16.6 Å². The van der Waals surface area contributed by atoms with E-state index in [1.165, 1.54) is 41.7 Å². The lowest BCUT2D eigenvalue weighted by Gasteiger charge is -2.16. The van der Waals surface area contributed by atoms with E-state index in [1.54, 1.807) is 19.1 Å². The Morgan fingerprint density at radius 1 is 1.13 bits per heavy atom. The van der Waals surface area contributed by atoms with Gasteiger partial charge < -0.3 is 5.73 Å². The second kappa shape index (κ2) is 5.59. The van der Waals surface area contributed by atoms with Gasteiger partial charge in [0, 0.05) is 11.6 Å². The molecule has 0 spiro atoms. The largest absolute Gasteiger partial charge is 0.324 e. The van der Waals surface area contributed by atoms with Gasteiger partial charge in [0.05, 0.1) is 11.3 Å². The summed E-state index contributed by atoms with van der Waals surface area (Å²) in [6.07, 6.45) is 0. The minimum absolute atomic E-state index is 0.210. The second-order valence-corrected chi connectivity index (χ2v) is 5.61. The summed E-state index contributed by atoms with van der Waals surface area (Å²) in [4.78, 5) is 13.0. The van der Waals surface area contributed by atoms with Crippen LogP contribution in [0.15, 0.2) is 47.3 Å². The molecule has 0 aliphatic heterocycles. The Morgan fingerprint density at radius 3 is 2.52 bits per heavy atom. The molecule has 0 saturated carbocycles. The topological polar surface area (TPSA) is 47.5 Å². The summed E-state index contributed by atoms with van der Waals surface area (Å²) < 4.78 is 28.7. The van der Waals surface area contributed by atoms with Crippen LogP contribution in [0.1, 0.15) is 24.2 Å². The maximum atomic E-state index is 13.8. The van der Waals surface area contributed by atoms with Crippen molar-refractivity contribution in [1.82, 2.24) is 4.40 Å². The molecule has 0 aliphatic carbocycles. The molecule has 23 heavy (non-hydrogen) atoms. The zero-order chi connectivity index (χ0) is 16.7. The summed E-state index contributed by atoms with van der Waals surface area (Å²) in [6.45, 7) is 3.29. The van der Waals surface area contributed by atoms with Gasteiger partial charge in [-0.2, -0.15) is 0 Å². The van der Waals surface area contributed by atoms with Crippen molar-refractivity contribution in [2.75, 3.05) is 0 Å². The minimum atomic E-state index is -0.474. The number of rotatable bonds is 2. The van der Waals surface area contributed by atoms with Gasteiger partial charge >= 0.3 is 0 Å². The highest BCUT2D eigenvalue weighted by Gasteiger charge is 2.18. The van der Waals surface area contributed by atoms with Gasteiger partial charge in [0.2, 0.25) is 0 Å². The lowest BCUT2D eigenvalue weighted by atomic mass is 9.96. The van der Waals surface area contributed by atoms with Crippen molar-refractivity contribution in [3.05, 3.63) is 75.7 Å². The van der Waals surface area contributed by atoms with Crippen LogP contribution in [0.3, 0.4) is 0 Å². The monoisotopic (exact) mass is 314 g/mol. The van der Waals surface area contributed by atoms with Crippen molar-refractivity contribution < 1.29 is 8.78 Å². The molecule has 1 unspecified atom stereocenters. The Labute approximate surface area is 132 Å². The van der Waals surface area contributed by atoms with E-state index in [0.717, 1.165) is 0 Å². The number of nitrogens with two attached hydrogens (primary N) is 1. The predicted octanol–water partition coefficient (Wildman–Crippen LogP) is 3.57. The van der Waals surface area contributed by atoms with Crippen LogP contribution in [-0.4, -0.2) is 4.40 Å². The number of hydrogen-bond donors (Lipinski definition) is 1. The molecule has 0 fully saturated rings. The Kier molecular flexibility index (Phi) is 3.74. The fourth-order valence-electron chi connectivity index (χ4n) is 2.80. The van der Waals surface area contributed by atoms with Crippen LogP contribution in [0.4, 0.5) is 8.78 Å². The summed E-state index contributed by atoms with van der Waals surface area (Å²) in [6, 6.07) is 9.94. The highest BCUT2D eigenvalue weighted by Crippen LogP contribution is 2.26. The van der Waals surface area contributed by atoms with E-state index in [9.17, 15) is 13.6 Å². The van der Waals surface area contributed by atoms with Gasteiger partial charge in [-0.3, -0.25) is 9.20 Å². The molecule has 0 bridgehead atoms. The lowest BCUT2D eigenvalue weighted by molar-refractivity contribution is 0.605. The summed E-state index contributed by atoms with van der Waals surface area (Å²) >= 11 is 0. The van der Waals surface area contributed by atoms with Gasteiger partial charge in [-0.05, 0) is 55.3 Å². The van der Waals surface area contributed by atoms with Crippen molar-refractivity contribution >= 4 is 5.52 Å². The number of aryl methyl sites for hydroxylation is 1. The maximum Gasteiger partial charge on any atom is 0.263 e. The number of aromatic nitrogens is 1. The number of hydrogen-bond acceptors (Lipinski definition) is 2. The Bertz CT molecular complexity index is 961. The van der Waals surface area contributed by atoms with Crippen LogP contribution in [0.5, 0.6) is 0 Å². The van der Waals surface area contributed by atoms with E-state index in [1.807, 2.05) is 0 Å². The molecule has 1 atom stereocenters. The molecule has 2 N–H and O–H groups in total. The van der Waals surface area contributed by atoms with Gasteiger partial charge in [0.25, 0.3) is 5.56 Å². The van der Waals surface area contributed by atoms with Crippen molar-refractivity contribution in [1.29, 1.82) is 0 Å². The highest BCUT2D eigenvalue weighted by molar-refractivity contribution is 5.70. The third-order valence-corrected chi connectivity index (χ3v) is 3.95. The molecule has 0 aliphatic rings. The maximum absolute atomic E-state index is 13.8. The van der Waals surface area contributed by atoms with Crippen LogP contribution >= 0.6 is 0 Å².